The smallest absolute Gasteiger partial charge is 0.257 e. The van der Waals surface area contributed by atoms with E-state index in [-0.39, 0.29) is 17.9 Å². The first-order chi connectivity index (χ1) is 13.2. The van der Waals surface area contributed by atoms with Crippen LogP contribution in [0.4, 0.5) is 5.82 Å². The predicted octanol–water partition coefficient (Wildman–Crippen LogP) is 2.91. The number of aromatic nitrogens is 1. The van der Waals surface area contributed by atoms with E-state index in [1.807, 2.05) is 21.9 Å². The summed E-state index contributed by atoms with van der Waals surface area (Å²) in [6, 6.07) is 3.96. The molecule has 3 aliphatic rings. The van der Waals surface area contributed by atoms with Crippen molar-refractivity contribution in [2.45, 2.75) is 57.4 Å². The van der Waals surface area contributed by atoms with Crippen molar-refractivity contribution in [3.8, 4) is 0 Å². The van der Waals surface area contributed by atoms with Crippen LogP contribution in [0.15, 0.2) is 18.3 Å². The van der Waals surface area contributed by atoms with Gasteiger partial charge in [0.1, 0.15) is 5.82 Å². The third-order valence-corrected chi connectivity index (χ3v) is 6.28. The highest BCUT2D eigenvalue weighted by molar-refractivity contribution is 5.98. The molecule has 1 aromatic heterocycles. The van der Waals surface area contributed by atoms with Crippen molar-refractivity contribution in [2.24, 2.45) is 5.92 Å². The van der Waals surface area contributed by atoms with Crippen molar-refractivity contribution < 1.29 is 9.59 Å². The number of rotatable bonds is 4. The highest BCUT2D eigenvalue weighted by Gasteiger charge is 2.30. The zero-order valence-corrected chi connectivity index (χ0v) is 16.0. The zero-order chi connectivity index (χ0) is 18.6. The molecule has 1 saturated carbocycles. The number of hydrogen-bond donors (Lipinski definition) is 1. The molecule has 6 nitrogen and oxygen atoms in total. The molecule has 2 saturated heterocycles. The minimum absolute atomic E-state index is 0.0805. The maximum absolute atomic E-state index is 12.8. The number of nitrogens with zero attached hydrogens (tertiary/aromatic N) is 3. The fourth-order valence-corrected chi connectivity index (χ4v) is 4.65. The molecule has 0 radical (unpaired) electrons. The summed E-state index contributed by atoms with van der Waals surface area (Å²) >= 11 is 0. The summed E-state index contributed by atoms with van der Waals surface area (Å²) in [6.45, 7) is 3.29. The van der Waals surface area contributed by atoms with Gasteiger partial charge < -0.3 is 15.1 Å². The maximum Gasteiger partial charge on any atom is 0.257 e. The summed E-state index contributed by atoms with van der Waals surface area (Å²) < 4.78 is 0. The van der Waals surface area contributed by atoms with Gasteiger partial charge in [-0.3, -0.25) is 9.59 Å². The van der Waals surface area contributed by atoms with E-state index in [1.54, 1.807) is 6.20 Å². The van der Waals surface area contributed by atoms with Crippen molar-refractivity contribution in [3.05, 3.63) is 23.9 Å². The quantitative estimate of drug-likeness (QED) is 0.885. The van der Waals surface area contributed by atoms with Gasteiger partial charge in [-0.25, -0.2) is 4.98 Å². The van der Waals surface area contributed by atoms with Gasteiger partial charge in [-0.2, -0.15) is 0 Å². The molecule has 4 rings (SSSR count). The van der Waals surface area contributed by atoms with E-state index in [2.05, 4.69) is 10.3 Å². The Morgan fingerprint density at radius 1 is 0.926 bits per heavy atom. The predicted molar refractivity (Wildman–Crippen MR) is 105 cm³/mol. The Morgan fingerprint density at radius 3 is 2.33 bits per heavy atom. The fraction of sp³-hybridized carbons (Fsp3) is 0.667. The van der Waals surface area contributed by atoms with Crippen molar-refractivity contribution in [3.63, 3.8) is 0 Å². The average molecular weight is 370 g/mol. The van der Waals surface area contributed by atoms with Gasteiger partial charge in [0.2, 0.25) is 5.91 Å². The molecular formula is C21H30N4O2. The summed E-state index contributed by atoms with van der Waals surface area (Å²) in [6.07, 6.45) is 10.2. The van der Waals surface area contributed by atoms with Crippen LogP contribution < -0.4 is 5.32 Å². The summed E-state index contributed by atoms with van der Waals surface area (Å²) in [5.41, 5.74) is 0.670. The van der Waals surface area contributed by atoms with Crippen LogP contribution in [0.1, 0.15) is 61.7 Å². The Labute approximate surface area is 161 Å². The van der Waals surface area contributed by atoms with E-state index in [4.69, 9.17) is 0 Å². The first-order valence-electron chi connectivity index (χ1n) is 10.5. The monoisotopic (exact) mass is 370 g/mol. The van der Waals surface area contributed by atoms with E-state index in [0.29, 0.717) is 17.3 Å². The van der Waals surface area contributed by atoms with Crippen LogP contribution in [0, 0.1) is 5.92 Å². The second kappa shape index (κ2) is 8.28. The van der Waals surface area contributed by atoms with Crippen LogP contribution in [-0.2, 0) is 4.79 Å². The van der Waals surface area contributed by atoms with Gasteiger partial charge in [0.15, 0.2) is 0 Å². The highest BCUT2D eigenvalue weighted by atomic mass is 16.2. The lowest BCUT2D eigenvalue weighted by molar-refractivity contribution is -0.136. The van der Waals surface area contributed by atoms with E-state index in [9.17, 15) is 9.59 Å². The molecule has 1 aliphatic carbocycles. The minimum atomic E-state index is 0.0805. The first kappa shape index (κ1) is 18.3. The molecule has 3 heterocycles. The van der Waals surface area contributed by atoms with E-state index in [1.165, 1.54) is 12.8 Å². The molecule has 2 aliphatic heterocycles. The lowest BCUT2D eigenvalue weighted by Gasteiger charge is -2.34. The molecule has 3 fully saturated rings. The zero-order valence-electron chi connectivity index (χ0n) is 16.0. The molecule has 6 heteroatoms. The third kappa shape index (κ3) is 4.09. The SMILES string of the molecule is O=C(c1cccnc1NC1CCN(C(=O)C2CCCC2)CC1)N1CCCC1. The third-order valence-electron chi connectivity index (χ3n) is 6.28. The second-order valence-corrected chi connectivity index (χ2v) is 8.12. The van der Waals surface area contributed by atoms with Crippen molar-refractivity contribution in [1.82, 2.24) is 14.8 Å². The molecule has 0 bridgehead atoms. The van der Waals surface area contributed by atoms with Gasteiger partial charge in [0.25, 0.3) is 5.91 Å². The standard InChI is InChI=1S/C21H30N4O2/c26-20(16-6-1-2-7-16)25-14-9-17(10-15-25)23-19-18(8-5-11-22-19)21(27)24-12-3-4-13-24/h5,8,11,16-17H,1-4,6-7,9-10,12-15H2,(H,22,23). The number of anilines is 1. The number of nitrogens with one attached hydrogen (secondary N) is 1. The van der Waals surface area contributed by atoms with E-state index < -0.39 is 0 Å². The number of pyridine rings is 1. The summed E-state index contributed by atoms with van der Waals surface area (Å²) in [5.74, 6) is 1.38. The Morgan fingerprint density at radius 2 is 1.63 bits per heavy atom. The van der Waals surface area contributed by atoms with Crippen molar-refractivity contribution >= 4 is 17.6 Å². The topological polar surface area (TPSA) is 65.5 Å². The van der Waals surface area contributed by atoms with E-state index in [0.717, 1.165) is 64.7 Å². The Bertz CT molecular complexity index is 673. The molecule has 146 valence electrons. The number of carbonyl (C=O) groups is 2. The van der Waals surface area contributed by atoms with Crippen LogP contribution in [0.2, 0.25) is 0 Å². The minimum Gasteiger partial charge on any atom is -0.367 e. The Kier molecular flexibility index (Phi) is 5.60. The highest BCUT2D eigenvalue weighted by Crippen LogP contribution is 2.28. The average Bonchev–Trinajstić information content (AvgIpc) is 3.42. The van der Waals surface area contributed by atoms with Gasteiger partial charge in [-0.15, -0.1) is 0 Å². The lowest BCUT2D eigenvalue weighted by Crippen LogP contribution is -2.44. The van der Waals surface area contributed by atoms with E-state index >= 15 is 0 Å². The van der Waals surface area contributed by atoms with Crippen LogP contribution >= 0.6 is 0 Å². The molecule has 0 atom stereocenters. The molecular weight excluding hydrogens is 340 g/mol. The first-order valence-corrected chi connectivity index (χ1v) is 10.5. The van der Waals surface area contributed by atoms with Gasteiger partial charge in [0, 0.05) is 44.3 Å². The largest absolute Gasteiger partial charge is 0.367 e. The van der Waals surface area contributed by atoms with Gasteiger partial charge >= 0.3 is 0 Å². The number of carbonyl (C=O) groups excluding carboxylic acids is 2. The Hall–Kier alpha value is -2.11. The van der Waals surface area contributed by atoms with Gasteiger partial charge in [-0.1, -0.05) is 12.8 Å². The fourth-order valence-electron chi connectivity index (χ4n) is 4.65. The molecule has 0 aromatic carbocycles. The summed E-state index contributed by atoms with van der Waals surface area (Å²) in [5, 5.41) is 3.49. The number of amides is 2. The lowest BCUT2D eigenvalue weighted by atomic mass is 10.0. The van der Waals surface area contributed by atoms with Crippen LogP contribution in [-0.4, -0.2) is 58.8 Å². The second-order valence-electron chi connectivity index (χ2n) is 8.12. The van der Waals surface area contributed by atoms with Crippen LogP contribution in [0.25, 0.3) is 0 Å². The maximum atomic E-state index is 12.8. The van der Waals surface area contributed by atoms with Gasteiger partial charge in [0.05, 0.1) is 5.56 Å². The summed E-state index contributed by atoms with van der Waals surface area (Å²) in [7, 11) is 0. The Balaban J connectivity index is 1.35. The normalized spacial score (nSPS) is 21.6. The summed E-state index contributed by atoms with van der Waals surface area (Å²) in [4.78, 5) is 33.8. The van der Waals surface area contributed by atoms with Crippen molar-refractivity contribution in [1.29, 1.82) is 0 Å². The molecule has 1 aromatic rings. The van der Waals surface area contributed by atoms with Crippen LogP contribution in [0.5, 0.6) is 0 Å². The van der Waals surface area contributed by atoms with Crippen LogP contribution in [0.3, 0.4) is 0 Å². The molecule has 0 spiro atoms. The molecule has 27 heavy (non-hydrogen) atoms. The van der Waals surface area contributed by atoms with Gasteiger partial charge in [-0.05, 0) is 50.7 Å². The number of likely N-dealkylation sites (tertiary alicyclic amines) is 2. The molecule has 2 amide bonds. The number of piperidine rings is 1. The van der Waals surface area contributed by atoms with Crippen molar-refractivity contribution in [2.75, 3.05) is 31.5 Å². The molecule has 0 unspecified atom stereocenters. The molecule has 1 N–H and O–H groups in total. The number of hydrogen-bond acceptors (Lipinski definition) is 4.